The lowest BCUT2D eigenvalue weighted by Crippen LogP contribution is -2.00. The van der Waals surface area contributed by atoms with Crippen LogP contribution in [0.3, 0.4) is 0 Å². The predicted octanol–water partition coefficient (Wildman–Crippen LogP) is 2.45. The van der Waals surface area contributed by atoms with Gasteiger partial charge in [-0.05, 0) is 29.7 Å². The SMILES string of the molecule is CC(C)c1ccn(-c2cccc(CN)c2)n1. The zero-order valence-electron chi connectivity index (χ0n) is 9.72. The minimum atomic E-state index is 0.457. The van der Waals surface area contributed by atoms with Crippen LogP contribution in [0.2, 0.25) is 0 Å². The molecule has 0 atom stereocenters. The third kappa shape index (κ3) is 2.14. The highest BCUT2D eigenvalue weighted by Gasteiger charge is 2.04. The maximum atomic E-state index is 5.62. The van der Waals surface area contributed by atoms with Gasteiger partial charge in [0.2, 0.25) is 0 Å². The lowest BCUT2D eigenvalue weighted by Gasteiger charge is -2.04. The lowest BCUT2D eigenvalue weighted by atomic mass is 10.1. The van der Waals surface area contributed by atoms with Gasteiger partial charge in [0.1, 0.15) is 0 Å². The number of hydrogen-bond donors (Lipinski definition) is 1. The molecule has 1 aromatic heterocycles. The molecule has 0 aliphatic rings. The monoisotopic (exact) mass is 215 g/mol. The third-order valence-electron chi connectivity index (χ3n) is 2.61. The van der Waals surface area contributed by atoms with Crippen LogP contribution in [-0.4, -0.2) is 9.78 Å². The van der Waals surface area contributed by atoms with Gasteiger partial charge in [0.15, 0.2) is 0 Å². The van der Waals surface area contributed by atoms with Crippen molar-refractivity contribution in [2.24, 2.45) is 5.73 Å². The van der Waals surface area contributed by atoms with Crippen LogP contribution in [-0.2, 0) is 6.54 Å². The normalized spacial score (nSPS) is 11.0. The number of hydrogen-bond acceptors (Lipinski definition) is 2. The molecule has 84 valence electrons. The summed E-state index contributed by atoms with van der Waals surface area (Å²) in [4.78, 5) is 0. The average molecular weight is 215 g/mol. The van der Waals surface area contributed by atoms with Gasteiger partial charge in [0.25, 0.3) is 0 Å². The van der Waals surface area contributed by atoms with Crippen molar-refractivity contribution in [1.82, 2.24) is 9.78 Å². The Hall–Kier alpha value is -1.61. The first-order valence-corrected chi connectivity index (χ1v) is 5.55. The second-order valence-corrected chi connectivity index (χ2v) is 4.21. The van der Waals surface area contributed by atoms with Crippen molar-refractivity contribution in [1.29, 1.82) is 0 Å². The second kappa shape index (κ2) is 4.49. The van der Waals surface area contributed by atoms with Gasteiger partial charge < -0.3 is 5.73 Å². The molecule has 0 radical (unpaired) electrons. The Kier molecular flexibility index (Phi) is 3.06. The maximum absolute atomic E-state index is 5.62. The molecule has 0 bridgehead atoms. The molecule has 0 spiro atoms. The van der Waals surface area contributed by atoms with Crippen molar-refractivity contribution in [3.05, 3.63) is 47.8 Å². The van der Waals surface area contributed by atoms with Crippen molar-refractivity contribution in [3.8, 4) is 5.69 Å². The topological polar surface area (TPSA) is 43.8 Å². The van der Waals surface area contributed by atoms with Crippen molar-refractivity contribution in [3.63, 3.8) is 0 Å². The summed E-state index contributed by atoms with van der Waals surface area (Å²) in [7, 11) is 0. The van der Waals surface area contributed by atoms with Crippen LogP contribution in [0.4, 0.5) is 0 Å². The fraction of sp³-hybridized carbons (Fsp3) is 0.308. The minimum absolute atomic E-state index is 0.457. The number of benzene rings is 1. The molecule has 3 nitrogen and oxygen atoms in total. The van der Waals surface area contributed by atoms with Crippen LogP contribution in [0.15, 0.2) is 36.5 Å². The van der Waals surface area contributed by atoms with E-state index in [1.54, 1.807) is 0 Å². The van der Waals surface area contributed by atoms with Gasteiger partial charge in [-0.1, -0.05) is 26.0 Å². The number of nitrogens with zero attached hydrogens (tertiary/aromatic N) is 2. The molecular formula is C13H17N3. The van der Waals surface area contributed by atoms with Gasteiger partial charge in [0, 0.05) is 12.7 Å². The van der Waals surface area contributed by atoms with E-state index >= 15 is 0 Å². The molecule has 0 saturated carbocycles. The zero-order chi connectivity index (χ0) is 11.5. The highest BCUT2D eigenvalue weighted by atomic mass is 15.3. The van der Waals surface area contributed by atoms with Crippen LogP contribution < -0.4 is 5.73 Å². The molecule has 0 unspecified atom stereocenters. The van der Waals surface area contributed by atoms with Crippen LogP contribution in [0, 0.1) is 0 Å². The van der Waals surface area contributed by atoms with E-state index < -0.39 is 0 Å². The molecule has 0 saturated heterocycles. The largest absolute Gasteiger partial charge is 0.326 e. The quantitative estimate of drug-likeness (QED) is 0.854. The van der Waals surface area contributed by atoms with Crippen molar-refractivity contribution < 1.29 is 0 Å². The van der Waals surface area contributed by atoms with Gasteiger partial charge in [-0.15, -0.1) is 0 Å². The van der Waals surface area contributed by atoms with E-state index in [9.17, 15) is 0 Å². The first-order chi connectivity index (χ1) is 7.70. The summed E-state index contributed by atoms with van der Waals surface area (Å²) < 4.78 is 1.90. The molecule has 1 aromatic carbocycles. The Labute approximate surface area is 95.9 Å². The van der Waals surface area contributed by atoms with Crippen LogP contribution in [0.5, 0.6) is 0 Å². The lowest BCUT2D eigenvalue weighted by molar-refractivity contribution is 0.767. The minimum Gasteiger partial charge on any atom is -0.326 e. The van der Waals surface area contributed by atoms with Crippen molar-refractivity contribution >= 4 is 0 Å². The van der Waals surface area contributed by atoms with E-state index in [2.05, 4.69) is 31.1 Å². The molecule has 3 heteroatoms. The van der Waals surface area contributed by atoms with Crippen molar-refractivity contribution in [2.45, 2.75) is 26.3 Å². The van der Waals surface area contributed by atoms with E-state index in [4.69, 9.17) is 5.73 Å². The van der Waals surface area contributed by atoms with Crippen LogP contribution in [0.25, 0.3) is 5.69 Å². The van der Waals surface area contributed by atoms with E-state index in [0.717, 1.165) is 16.9 Å². The van der Waals surface area contributed by atoms with E-state index in [0.29, 0.717) is 12.5 Å². The highest BCUT2D eigenvalue weighted by Crippen LogP contribution is 2.14. The Morgan fingerprint density at radius 2 is 2.12 bits per heavy atom. The van der Waals surface area contributed by atoms with Gasteiger partial charge in [-0.25, -0.2) is 4.68 Å². The molecule has 2 aromatic rings. The molecule has 0 aliphatic heterocycles. The summed E-state index contributed by atoms with van der Waals surface area (Å²) in [6, 6.07) is 10.2. The average Bonchev–Trinajstić information content (AvgIpc) is 2.78. The first kappa shape index (κ1) is 10.9. The molecule has 1 heterocycles. The number of nitrogens with two attached hydrogens (primary N) is 1. The molecule has 0 amide bonds. The highest BCUT2D eigenvalue weighted by molar-refractivity contribution is 5.35. The standard InChI is InChI=1S/C13H17N3/c1-10(2)13-6-7-16(15-13)12-5-3-4-11(8-12)9-14/h3-8,10H,9,14H2,1-2H3. The van der Waals surface area contributed by atoms with E-state index in [1.807, 2.05) is 29.1 Å². The molecule has 2 rings (SSSR count). The summed E-state index contributed by atoms with van der Waals surface area (Å²) in [5, 5.41) is 4.53. The molecule has 16 heavy (non-hydrogen) atoms. The van der Waals surface area contributed by atoms with Crippen LogP contribution >= 0.6 is 0 Å². The number of rotatable bonds is 3. The molecule has 0 fully saturated rings. The molecule has 0 aliphatic carbocycles. The summed E-state index contributed by atoms with van der Waals surface area (Å²) >= 11 is 0. The van der Waals surface area contributed by atoms with Crippen LogP contribution in [0.1, 0.15) is 31.0 Å². The van der Waals surface area contributed by atoms with E-state index in [1.165, 1.54) is 0 Å². The van der Waals surface area contributed by atoms with Gasteiger partial charge in [-0.2, -0.15) is 5.10 Å². The Morgan fingerprint density at radius 3 is 2.75 bits per heavy atom. The summed E-state index contributed by atoms with van der Waals surface area (Å²) in [5.74, 6) is 0.457. The van der Waals surface area contributed by atoms with Gasteiger partial charge in [-0.3, -0.25) is 0 Å². The second-order valence-electron chi connectivity index (χ2n) is 4.21. The Bertz CT molecular complexity index is 472. The fourth-order valence-corrected chi connectivity index (χ4v) is 1.62. The third-order valence-corrected chi connectivity index (χ3v) is 2.61. The summed E-state index contributed by atoms with van der Waals surface area (Å²) in [6.45, 7) is 4.85. The van der Waals surface area contributed by atoms with Crippen molar-refractivity contribution in [2.75, 3.05) is 0 Å². The predicted molar refractivity (Wildman–Crippen MR) is 65.5 cm³/mol. The fourth-order valence-electron chi connectivity index (χ4n) is 1.62. The first-order valence-electron chi connectivity index (χ1n) is 5.55. The summed E-state index contributed by atoms with van der Waals surface area (Å²) in [5.41, 5.74) is 8.92. The molecule has 2 N–H and O–H groups in total. The number of aromatic nitrogens is 2. The maximum Gasteiger partial charge on any atom is 0.0654 e. The van der Waals surface area contributed by atoms with Gasteiger partial charge in [0.05, 0.1) is 11.4 Å². The Balaban J connectivity index is 2.34. The smallest absolute Gasteiger partial charge is 0.0654 e. The summed E-state index contributed by atoms with van der Waals surface area (Å²) in [6.07, 6.45) is 1.99. The molecular weight excluding hydrogens is 198 g/mol. The van der Waals surface area contributed by atoms with E-state index in [-0.39, 0.29) is 0 Å². The van der Waals surface area contributed by atoms with Gasteiger partial charge >= 0.3 is 0 Å². The zero-order valence-corrected chi connectivity index (χ0v) is 9.72. The Morgan fingerprint density at radius 1 is 1.31 bits per heavy atom.